The maximum atomic E-state index is 12.0. The molecule has 3 nitrogen and oxygen atoms in total. The Kier molecular flexibility index (Phi) is 5.40. The second-order valence-corrected chi connectivity index (χ2v) is 5.98. The Bertz CT molecular complexity index is 442. The van der Waals surface area contributed by atoms with E-state index >= 15 is 0 Å². The van der Waals surface area contributed by atoms with Crippen molar-refractivity contribution in [3.05, 3.63) is 33.8 Å². The topological polar surface area (TPSA) is 32.3 Å². The number of nitrogens with one attached hydrogen (secondary N) is 1. The van der Waals surface area contributed by atoms with Gasteiger partial charge in [-0.15, -0.1) is 0 Å². The Morgan fingerprint density at radius 2 is 2.11 bits per heavy atom. The highest BCUT2D eigenvalue weighted by Gasteiger charge is 2.11. The number of likely N-dealkylation sites (tertiary alicyclic amines) is 1. The average Bonchev–Trinajstić information content (AvgIpc) is 2.91. The third kappa shape index (κ3) is 4.32. The van der Waals surface area contributed by atoms with E-state index in [-0.39, 0.29) is 5.91 Å². The summed E-state index contributed by atoms with van der Waals surface area (Å²) >= 11 is 3.44. The van der Waals surface area contributed by atoms with Gasteiger partial charge in [0, 0.05) is 16.6 Å². The van der Waals surface area contributed by atoms with Crippen LogP contribution in [0.2, 0.25) is 0 Å². The highest BCUT2D eigenvalue weighted by atomic mass is 79.9. The molecule has 1 aromatic carbocycles. The van der Waals surface area contributed by atoms with E-state index in [2.05, 4.69) is 26.1 Å². The molecule has 1 aliphatic rings. The molecular weight excluding hydrogens is 304 g/mol. The highest BCUT2D eigenvalue weighted by Crippen LogP contribution is 2.17. The average molecular weight is 325 g/mol. The normalized spacial score (nSPS) is 15.7. The maximum Gasteiger partial charge on any atom is 0.251 e. The molecule has 0 atom stereocenters. The SMILES string of the molecule is Cc1cc(C(=O)NCCCN2CCCC2)ccc1Br. The third-order valence-electron chi connectivity index (χ3n) is 3.56. The maximum absolute atomic E-state index is 12.0. The zero-order valence-electron chi connectivity index (χ0n) is 11.4. The van der Waals surface area contributed by atoms with Gasteiger partial charge in [0.05, 0.1) is 0 Å². The summed E-state index contributed by atoms with van der Waals surface area (Å²) in [5, 5.41) is 2.99. The van der Waals surface area contributed by atoms with Gasteiger partial charge in [0.2, 0.25) is 0 Å². The van der Waals surface area contributed by atoms with E-state index in [0.717, 1.165) is 35.1 Å². The Morgan fingerprint density at radius 1 is 1.37 bits per heavy atom. The van der Waals surface area contributed by atoms with Crippen molar-refractivity contribution in [2.45, 2.75) is 26.2 Å². The fourth-order valence-corrected chi connectivity index (χ4v) is 2.65. The predicted octanol–water partition coefficient (Wildman–Crippen LogP) is 2.97. The molecule has 19 heavy (non-hydrogen) atoms. The first-order chi connectivity index (χ1) is 9.16. The van der Waals surface area contributed by atoms with Crippen molar-refractivity contribution in [3.8, 4) is 0 Å². The summed E-state index contributed by atoms with van der Waals surface area (Å²) < 4.78 is 1.04. The zero-order valence-corrected chi connectivity index (χ0v) is 13.0. The summed E-state index contributed by atoms with van der Waals surface area (Å²) in [6.45, 7) is 6.29. The monoisotopic (exact) mass is 324 g/mol. The molecule has 1 N–H and O–H groups in total. The van der Waals surface area contributed by atoms with Crippen LogP contribution >= 0.6 is 15.9 Å². The molecule has 4 heteroatoms. The Balaban J connectivity index is 1.72. The van der Waals surface area contributed by atoms with Crippen LogP contribution in [0.25, 0.3) is 0 Å². The summed E-state index contributed by atoms with van der Waals surface area (Å²) in [6.07, 6.45) is 3.68. The Labute approximate surface area is 123 Å². The number of carbonyl (C=O) groups excluding carboxylic acids is 1. The van der Waals surface area contributed by atoms with Crippen molar-refractivity contribution in [2.24, 2.45) is 0 Å². The smallest absolute Gasteiger partial charge is 0.251 e. The van der Waals surface area contributed by atoms with Gasteiger partial charge in [-0.1, -0.05) is 15.9 Å². The number of carbonyl (C=O) groups is 1. The van der Waals surface area contributed by atoms with Gasteiger partial charge in [-0.3, -0.25) is 4.79 Å². The second kappa shape index (κ2) is 7.06. The van der Waals surface area contributed by atoms with Gasteiger partial charge in [-0.25, -0.2) is 0 Å². The summed E-state index contributed by atoms with van der Waals surface area (Å²) in [7, 11) is 0. The van der Waals surface area contributed by atoms with E-state index in [1.54, 1.807) is 0 Å². The molecule has 1 aliphatic heterocycles. The fourth-order valence-electron chi connectivity index (χ4n) is 2.40. The molecule has 0 aliphatic carbocycles. The lowest BCUT2D eigenvalue weighted by Gasteiger charge is -2.14. The summed E-state index contributed by atoms with van der Waals surface area (Å²) in [4.78, 5) is 14.4. The number of hydrogen-bond donors (Lipinski definition) is 1. The van der Waals surface area contributed by atoms with Crippen LogP contribution in [0.15, 0.2) is 22.7 Å². The molecule has 1 fully saturated rings. The van der Waals surface area contributed by atoms with Gasteiger partial charge >= 0.3 is 0 Å². The molecule has 1 saturated heterocycles. The van der Waals surface area contributed by atoms with Gasteiger partial charge in [0.25, 0.3) is 5.91 Å². The molecule has 2 rings (SSSR count). The molecule has 0 radical (unpaired) electrons. The van der Waals surface area contributed by atoms with E-state index in [0.29, 0.717) is 0 Å². The zero-order chi connectivity index (χ0) is 13.7. The van der Waals surface area contributed by atoms with Crippen molar-refractivity contribution in [3.63, 3.8) is 0 Å². The number of benzene rings is 1. The Morgan fingerprint density at radius 3 is 2.79 bits per heavy atom. The van der Waals surface area contributed by atoms with Gasteiger partial charge < -0.3 is 10.2 Å². The summed E-state index contributed by atoms with van der Waals surface area (Å²) in [6, 6.07) is 5.70. The van der Waals surface area contributed by atoms with Crippen molar-refractivity contribution in [1.29, 1.82) is 0 Å². The number of halogens is 1. The van der Waals surface area contributed by atoms with E-state index in [9.17, 15) is 4.79 Å². The predicted molar refractivity (Wildman–Crippen MR) is 81.5 cm³/mol. The molecule has 0 bridgehead atoms. The van der Waals surface area contributed by atoms with Gasteiger partial charge in [-0.05, 0) is 69.6 Å². The first-order valence-electron chi connectivity index (χ1n) is 6.93. The minimum Gasteiger partial charge on any atom is -0.352 e. The van der Waals surface area contributed by atoms with E-state index < -0.39 is 0 Å². The number of rotatable bonds is 5. The van der Waals surface area contributed by atoms with Crippen molar-refractivity contribution < 1.29 is 4.79 Å². The molecule has 1 aromatic rings. The van der Waals surface area contributed by atoms with Crippen LogP contribution in [0, 0.1) is 6.92 Å². The van der Waals surface area contributed by atoms with E-state index in [1.165, 1.54) is 25.9 Å². The lowest BCUT2D eigenvalue weighted by Crippen LogP contribution is -2.28. The molecule has 0 spiro atoms. The minimum atomic E-state index is 0.0250. The van der Waals surface area contributed by atoms with E-state index in [1.807, 2.05) is 25.1 Å². The first-order valence-corrected chi connectivity index (χ1v) is 7.73. The van der Waals surface area contributed by atoms with Crippen LogP contribution < -0.4 is 5.32 Å². The van der Waals surface area contributed by atoms with Crippen LogP contribution in [-0.4, -0.2) is 37.0 Å². The van der Waals surface area contributed by atoms with Crippen LogP contribution in [0.1, 0.15) is 35.2 Å². The van der Waals surface area contributed by atoms with Crippen LogP contribution in [-0.2, 0) is 0 Å². The van der Waals surface area contributed by atoms with Gasteiger partial charge in [0.1, 0.15) is 0 Å². The van der Waals surface area contributed by atoms with Gasteiger partial charge in [-0.2, -0.15) is 0 Å². The van der Waals surface area contributed by atoms with Gasteiger partial charge in [0.15, 0.2) is 0 Å². The lowest BCUT2D eigenvalue weighted by atomic mass is 10.1. The molecule has 0 saturated carbocycles. The molecule has 1 amide bonds. The molecule has 1 heterocycles. The summed E-state index contributed by atoms with van der Waals surface area (Å²) in [5.41, 5.74) is 1.83. The van der Waals surface area contributed by atoms with E-state index in [4.69, 9.17) is 0 Å². The molecule has 104 valence electrons. The molecule has 0 unspecified atom stereocenters. The number of hydrogen-bond acceptors (Lipinski definition) is 2. The number of aryl methyl sites for hydroxylation is 1. The standard InChI is InChI=1S/C15H21BrN2O/c1-12-11-13(5-6-14(12)16)15(19)17-7-4-10-18-8-2-3-9-18/h5-6,11H,2-4,7-10H2,1H3,(H,17,19). The largest absolute Gasteiger partial charge is 0.352 e. The highest BCUT2D eigenvalue weighted by molar-refractivity contribution is 9.10. The lowest BCUT2D eigenvalue weighted by molar-refractivity contribution is 0.0952. The molecule has 0 aromatic heterocycles. The minimum absolute atomic E-state index is 0.0250. The second-order valence-electron chi connectivity index (χ2n) is 5.12. The van der Waals surface area contributed by atoms with Crippen molar-refractivity contribution in [2.75, 3.05) is 26.2 Å². The van der Waals surface area contributed by atoms with Crippen LogP contribution in [0.5, 0.6) is 0 Å². The summed E-state index contributed by atoms with van der Waals surface area (Å²) in [5.74, 6) is 0.0250. The van der Waals surface area contributed by atoms with Crippen molar-refractivity contribution in [1.82, 2.24) is 10.2 Å². The molecular formula is C15H21BrN2O. The van der Waals surface area contributed by atoms with Crippen molar-refractivity contribution >= 4 is 21.8 Å². The van der Waals surface area contributed by atoms with Crippen LogP contribution in [0.4, 0.5) is 0 Å². The first kappa shape index (κ1) is 14.5. The third-order valence-corrected chi connectivity index (χ3v) is 4.45. The van der Waals surface area contributed by atoms with Crippen LogP contribution in [0.3, 0.4) is 0 Å². The number of nitrogens with zero attached hydrogens (tertiary/aromatic N) is 1. The fraction of sp³-hybridized carbons (Fsp3) is 0.533. The number of amides is 1. The quantitative estimate of drug-likeness (QED) is 0.844. The Hall–Kier alpha value is -0.870.